The fraction of sp³-hybridized carbons (Fsp3) is 0.267. The van der Waals surface area contributed by atoms with Gasteiger partial charge in [-0.05, 0) is 44.5 Å². The Hall–Kier alpha value is -1.75. The zero-order valence-electron chi connectivity index (χ0n) is 11.5. The molecule has 0 aliphatic heterocycles. The molecule has 0 spiro atoms. The van der Waals surface area contributed by atoms with Gasteiger partial charge >= 0.3 is 5.97 Å². The van der Waals surface area contributed by atoms with E-state index in [1.54, 1.807) is 6.92 Å². The predicted molar refractivity (Wildman–Crippen MR) is 80.7 cm³/mol. The van der Waals surface area contributed by atoms with Gasteiger partial charge in [-0.15, -0.1) is 0 Å². The molecule has 0 fully saturated rings. The molecule has 0 aliphatic rings. The molecule has 0 radical (unpaired) electrons. The van der Waals surface area contributed by atoms with Gasteiger partial charge in [0, 0.05) is 15.7 Å². The molecule has 1 aromatic heterocycles. The van der Waals surface area contributed by atoms with Gasteiger partial charge in [0.15, 0.2) is 0 Å². The van der Waals surface area contributed by atoms with Crippen molar-refractivity contribution >= 4 is 21.9 Å². The number of hydrogen-bond acceptors (Lipinski definition) is 3. The number of hydrogen-bond donors (Lipinski definition) is 1. The van der Waals surface area contributed by atoms with Gasteiger partial charge in [-0.2, -0.15) is 0 Å². The number of carbonyl (C=O) groups is 1. The molecule has 2 rings (SSSR count). The Balaban J connectivity index is 2.57. The molecule has 0 saturated heterocycles. The average molecular weight is 335 g/mol. The van der Waals surface area contributed by atoms with Crippen LogP contribution in [0.3, 0.4) is 0 Å². The van der Waals surface area contributed by atoms with Crippen molar-refractivity contribution in [1.29, 1.82) is 0 Å². The summed E-state index contributed by atoms with van der Waals surface area (Å²) in [6.45, 7) is 5.44. The van der Waals surface area contributed by atoms with Gasteiger partial charge in [0.25, 0.3) is 0 Å². The molecule has 0 aliphatic carbocycles. The van der Waals surface area contributed by atoms with Crippen LogP contribution >= 0.6 is 15.9 Å². The summed E-state index contributed by atoms with van der Waals surface area (Å²) in [5, 5.41) is 9.10. The number of aryl methyl sites for hydroxylation is 2. The van der Waals surface area contributed by atoms with E-state index in [1.807, 2.05) is 38.1 Å². The monoisotopic (exact) mass is 334 g/mol. The molecule has 5 heteroatoms. The second kappa shape index (κ2) is 5.71. The van der Waals surface area contributed by atoms with Gasteiger partial charge in [-0.25, -0.2) is 9.97 Å². The van der Waals surface area contributed by atoms with Crippen molar-refractivity contribution in [3.05, 3.63) is 45.8 Å². The van der Waals surface area contributed by atoms with Crippen LogP contribution in [0, 0.1) is 13.8 Å². The van der Waals surface area contributed by atoms with Crippen LogP contribution < -0.4 is 0 Å². The van der Waals surface area contributed by atoms with Crippen LogP contribution in [0.1, 0.15) is 29.9 Å². The quantitative estimate of drug-likeness (QED) is 0.929. The van der Waals surface area contributed by atoms with E-state index < -0.39 is 11.9 Å². The normalized spacial score (nSPS) is 12.2. The molecule has 1 N–H and O–H groups in total. The van der Waals surface area contributed by atoms with Gasteiger partial charge in [0.1, 0.15) is 11.7 Å². The third-order valence-electron chi connectivity index (χ3n) is 3.10. The zero-order chi connectivity index (χ0) is 14.9. The van der Waals surface area contributed by atoms with Crippen molar-refractivity contribution in [2.24, 2.45) is 0 Å². The van der Waals surface area contributed by atoms with Crippen LogP contribution in [0.4, 0.5) is 0 Å². The number of aliphatic carboxylic acids is 1. The number of aromatic nitrogens is 2. The van der Waals surface area contributed by atoms with E-state index in [1.165, 1.54) is 0 Å². The molecule has 1 aromatic carbocycles. The smallest absolute Gasteiger partial charge is 0.313 e. The van der Waals surface area contributed by atoms with Crippen molar-refractivity contribution in [3.8, 4) is 11.3 Å². The van der Waals surface area contributed by atoms with E-state index in [0.717, 1.165) is 27.0 Å². The van der Waals surface area contributed by atoms with Crippen molar-refractivity contribution in [2.45, 2.75) is 26.7 Å². The van der Waals surface area contributed by atoms with Gasteiger partial charge < -0.3 is 5.11 Å². The van der Waals surface area contributed by atoms with Crippen molar-refractivity contribution in [3.63, 3.8) is 0 Å². The van der Waals surface area contributed by atoms with Crippen LogP contribution in [-0.4, -0.2) is 21.0 Å². The third-order valence-corrected chi connectivity index (χ3v) is 3.60. The van der Waals surface area contributed by atoms with E-state index in [4.69, 9.17) is 5.11 Å². The number of rotatable bonds is 3. The van der Waals surface area contributed by atoms with Gasteiger partial charge in [-0.1, -0.05) is 22.0 Å². The molecule has 0 amide bonds. The summed E-state index contributed by atoms with van der Waals surface area (Å²) in [4.78, 5) is 19.7. The number of carboxylic acid groups (broad SMARTS) is 1. The first kappa shape index (κ1) is 14.7. The highest BCUT2D eigenvalue weighted by Crippen LogP contribution is 2.26. The highest BCUT2D eigenvalue weighted by Gasteiger charge is 2.18. The highest BCUT2D eigenvalue weighted by atomic mass is 79.9. The Morgan fingerprint density at radius 1 is 1.25 bits per heavy atom. The molecule has 4 nitrogen and oxygen atoms in total. The molecule has 1 atom stereocenters. The molecule has 1 unspecified atom stereocenters. The Kier molecular flexibility index (Phi) is 4.18. The molecule has 104 valence electrons. The Morgan fingerprint density at radius 3 is 2.60 bits per heavy atom. The average Bonchev–Trinajstić information content (AvgIpc) is 2.39. The Bertz CT molecular complexity index is 671. The summed E-state index contributed by atoms with van der Waals surface area (Å²) < 4.78 is 0.960. The third kappa shape index (κ3) is 3.04. The molecule has 0 saturated carbocycles. The molecule has 20 heavy (non-hydrogen) atoms. The minimum atomic E-state index is -0.924. The number of benzene rings is 1. The minimum Gasteiger partial charge on any atom is -0.481 e. The molecule has 2 aromatic rings. The standard InChI is InChI=1S/C15H15BrN2O2/c1-8-4-5-11(16)7-12(8)13-6-9(2)17-14(18-13)10(3)15(19)20/h4-7,10H,1-3H3,(H,19,20). The summed E-state index contributed by atoms with van der Waals surface area (Å²) in [5.41, 5.74) is 3.57. The molecule has 1 heterocycles. The van der Waals surface area contributed by atoms with Crippen LogP contribution in [0.25, 0.3) is 11.3 Å². The topological polar surface area (TPSA) is 63.1 Å². The lowest BCUT2D eigenvalue weighted by Crippen LogP contribution is -2.12. The lowest BCUT2D eigenvalue weighted by Gasteiger charge is -2.11. The maximum absolute atomic E-state index is 11.1. The predicted octanol–water partition coefficient (Wildman–Crippen LogP) is 3.71. The first-order valence-electron chi connectivity index (χ1n) is 6.23. The summed E-state index contributed by atoms with van der Waals surface area (Å²) in [5.74, 6) is -1.31. The fourth-order valence-corrected chi connectivity index (χ4v) is 2.26. The van der Waals surface area contributed by atoms with Crippen LogP contribution in [0.15, 0.2) is 28.7 Å². The van der Waals surface area contributed by atoms with Crippen LogP contribution in [-0.2, 0) is 4.79 Å². The lowest BCUT2D eigenvalue weighted by molar-refractivity contribution is -0.138. The summed E-state index contributed by atoms with van der Waals surface area (Å²) in [6, 6.07) is 7.81. The van der Waals surface area contributed by atoms with Crippen molar-refractivity contribution < 1.29 is 9.90 Å². The van der Waals surface area contributed by atoms with Crippen LogP contribution in [0.2, 0.25) is 0 Å². The number of nitrogens with zero attached hydrogens (tertiary/aromatic N) is 2. The highest BCUT2D eigenvalue weighted by molar-refractivity contribution is 9.10. The van der Waals surface area contributed by atoms with Crippen LogP contribution in [0.5, 0.6) is 0 Å². The van der Waals surface area contributed by atoms with Gasteiger partial charge in [-0.3, -0.25) is 4.79 Å². The first-order valence-corrected chi connectivity index (χ1v) is 7.02. The Labute approximate surface area is 126 Å². The second-order valence-corrected chi connectivity index (χ2v) is 5.69. The SMILES string of the molecule is Cc1cc(-c2cc(Br)ccc2C)nc(C(C)C(=O)O)n1. The van der Waals surface area contributed by atoms with E-state index in [-0.39, 0.29) is 0 Å². The number of halogens is 1. The summed E-state index contributed by atoms with van der Waals surface area (Å²) in [7, 11) is 0. The van der Waals surface area contributed by atoms with E-state index >= 15 is 0 Å². The Morgan fingerprint density at radius 2 is 1.95 bits per heavy atom. The molecule has 0 bridgehead atoms. The first-order chi connectivity index (χ1) is 9.38. The molecular formula is C15H15BrN2O2. The molecular weight excluding hydrogens is 320 g/mol. The summed E-state index contributed by atoms with van der Waals surface area (Å²) in [6.07, 6.45) is 0. The largest absolute Gasteiger partial charge is 0.481 e. The maximum atomic E-state index is 11.1. The summed E-state index contributed by atoms with van der Waals surface area (Å²) >= 11 is 3.45. The van der Waals surface area contributed by atoms with Gasteiger partial charge in [0.2, 0.25) is 0 Å². The second-order valence-electron chi connectivity index (χ2n) is 4.77. The van der Waals surface area contributed by atoms with Gasteiger partial charge in [0.05, 0.1) is 5.69 Å². The minimum absolute atomic E-state index is 0.340. The zero-order valence-corrected chi connectivity index (χ0v) is 13.1. The van der Waals surface area contributed by atoms with E-state index in [2.05, 4.69) is 25.9 Å². The number of carboxylic acids is 1. The lowest BCUT2D eigenvalue weighted by atomic mass is 10.0. The maximum Gasteiger partial charge on any atom is 0.313 e. The van der Waals surface area contributed by atoms with Crippen molar-refractivity contribution in [2.75, 3.05) is 0 Å². The fourth-order valence-electron chi connectivity index (χ4n) is 1.90. The van der Waals surface area contributed by atoms with Crippen molar-refractivity contribution in [1.82, 2.24) is 9.97 Å². The van der Waals surface area contributed by atoms with E-state index in [0.29, 0.717) is 5.82 Å². The van der Waals surface area contributed by atoms with E-state index in [9.17, 15) is 4.79 Å².